The van der Waals surface area contributed by atoms with E-state index in [9.17, 15) is 0 Å². The van der Waals surface area contributed by atoms with Gasteiger partial charge in [-0.3, -0.25) is 0 Å². The van der Waals surface area contributed by atoms with E-state index < -0.39 is 0 Å². The standard InChI is InChI=1S/C16H20/c1-5-10-14(7-3)16-12-9-8-11-15(16)13(4)6-2/h5,7-13H,1,3,6H2,2,4H3/b14-10+. The highest BCUT2D eigenvalue weighted by molar-refractivity contribution is 5.76. The predicted octanol–water partition coefficient (Wildman–Crippen LogP) is 4.96. The molecule has 0 N–H and O–H groups in total. The molecular weight excluding hydrogens is 192 g/mol. The van der Waals surface area contributed by atoms with Crippen molar-refractivity contribution in [1.29, 1.82) is 0 Å². The highest BCUT2D eigenvalue weighted by atomic mass is 14.1. The summed E-state index contributed by atoms with van der Waals surface area (Å²) in [4.78, 5) is 0. The Morgan fingerprint density at radius 2 is 2.00 bits per heavy atom. The van der Waals surface area contributed by atoms with Crippen LogP contribution < -0.4 is 0 Å². The van der Waals surface area contributed by atoms with Gasteiger partial charge in [0.2, 0.25) is 0 Å². The van der Waals surface area contributed by atoms with Gasteiger partial charge in [0, 0.05) is 0 Å². The van der Waals surface area contributed by atoms with Gasteiger partial charge in [-0.2, -0.15) is 0 Å². The van der Waals surface area contributed by atoms with Crippen LogP contribution in [0.3, 0.4) is 0 Å². The second kappa shape index (κ2) is 6.12. The maximum Gasteiger partial charge on any atom is -0.0149 e. The van der Waals surface area contributed by atoms with Gasteiger partial charge in [0.15, 0.2) is 0 Å². The van der Waals surface area contributed by atoms with Crippen LogP contribution in [0.4, 0.5) is 0 Å². The lowest BCUT2D eigenvalue weighted by Gasteiger charge is -2.15. The van der Waals surface area contributed by atoms with Crippen LogP contribution in [-0.4, -0.2) is 0 Å². The van der Waals surface area contributed by atoms with Crippen LogP contribution in [0.25, 0.3) is 5.57 Å². The lowest BCUT2D eigenvalue weighted by atomic mass is 9.90. The van der Waals surface area contributed by atoms with Crippen molar-refractivity contribution in [3.63, 3.8) is 0 Å². The molecule has 0 saturated carbocycles. The van der Waals surface area contributed by atoms with Crippen LogP contribution in [0.5, 0.6) is 0 Å². The summed E-state index contributed by atoms with van der Waals surface area (Å²) in [5.41, 5.74) is 3.80. The van der Waals surface area contributed by atoms with Crippen LogP contribution in [0.15, 0.2) is 55.7 Å². The first-order chi connectivity index (χ1) is 7.74. The average Bonchev–Trinajstić information content (AvgIpc) is 2.35. The van der Waals surface area contributed by atoms with Crippen molar-refractivity contribution in [2.45, 2.75) is 26.2 Å². The predicted molar refractivity (Wildman–Crippen MR) is 73.5 cm³/mol. The van der Waals surface area contributed by atoms with Gasteiger partial charge in [-0.05, 0) is 29.0 Å². The van der Waals surface area contributed by atoms with Crippen molar-refractivity contribution in [1.82, 2.24) is 0 Å². The van der Waals surface area contributed by atoms with E-state index in [4.69, 9.17) is 0 Å². The second-order valence-corrected chi connectivity index (χ2v) is 3.96. The van der Waals surface area contributed by atoms with Gasteiger partial charge in [0.1, 0.15) is 0 Å². The molecule has 0 amide bonds. The van der Waals surface area contributed by atoms with Crippen molar-refractivity contribution in [2.24, 2.45) is 0 Å². The minimum absolute atomic E-state index is 0.573. The van der Waals surface area contributed by atoms with E-state index in [1.54, 1.807) is 0 Å². The van der Waals surface area contributed by atoms with Crippen LogP contribution >= 0.6 is 0 Å². The smallest absolute Gasteiger partial charge is 0.0149 e. The SMILES string of the molecule is C=C/C=C(\C=C)c1ccccc1C(C)CC. The lowest BCUT2D eigenvalue weighted by Crippen LogP contribution is -1.96. The summed E-state index contributed by atoms with van der Waals surface area (Å²) in [6.45, 7) is 12.1. The largest absolute Gasteiger partial charge is 0.0990 e. The number of benzene rings is 1. The highest BCUT2D eigenvalue weighted by Gasteiger charge is 2.09. The first-order valence-corrected chi connectivity index (χ1v) is 5.79. The third-order valence-electron chi connectivity index (χ3n) is 2.93. The Kier molecular flexibility index (Phi) is 4.78. The topological polar surface area (TPSA) is 0 Å². The molecule has 0 bridgehead atoms. The van der Waals surface area contributed by atoms with Gasteiger partial charge in [-0.25, -0.2) is 0 Å². The Morgan fingerprint density at radius 1 is 1.31 bits per heavy atom. The third kappa shape index (κ3) is 2.73. The molecule has 1 aromatic rings. The summed E-state index contributed by atoms with van der Waals surface area (Å²) in [5, 5.41) is 0. The van der Waals surface area contributed by atoms with E-state index in [0.717, 1.165) is 12.0 Å². The molecule has 0 nitrogen and oxygen atoms in total. The molecule has 0 heterocycles. The van der Waals surface area contributed by atoms with E-state index in [1.807, 2.05) is 18.2 Å². The summed E-state index contributed by atoms with van der Waals surface area (Å²) in [6.07, 6.45) is 6.86. The molecule has 0 radical (unpaired) electrons. The molecule has 0 spiro atoms. The number of rotatable bonds is 5. The molecule has 0 saturated heterocycles. The number of hydrogen-bond acceptors (Lipinski definition) is 0. The quantitative estimate of drug-likeness (QED) is 0.605. The van der Waals surface area contributed by atoms with E-state index in [2.05, 4.69) is 51.3 Å². The monoisotopic (exact) mass is 212 g/mol. The fourth-order valence-electron chi connectivity index (χ4n) is 1.80. The van der Waals surface area contributed by atoms with Gasteiger partial charge >= 0.3 is 0 Å². The molecule has 0 aliphatic heterocycles. The summed E-state index contributed by atoms with van der Waals surface area (Å²) < 4.78 is 0. The second-order valence-electron chi connectivity index (χ2n) is 3.96. The summed E-state index contributed by atoms with van der Waals surface area (Å²) in [7, 11) is 0. The van der Waals surface area contributed by atoms with Gasteiger partial charge in [-0.1, -0.05) is 69.5 Å². The van der Waals surface area contributed by atoms with Crippen LogP contribution in [0, 0.1) is 0 Å². The molecule has 0 aliphatic rings. The van der Waals surface area contributed by atoms with Crippen LogP contribution in [0.2, 0.25) is 0 Å². The minimum atomic E-state index is 0.573. The Labute approximate surface area is 99.0 Å². The van der Waals surface area contributed by atoms with Crippen molar-refractivity contribution < 1.29 is 0 Å². The molecule has 1 unspecified atom stereocenters. The maximum absolute atomic E-state index is 3.87. The first-order valence-electron chi connectivity index (χ1n) is 5.79. The molecule has 1 aromatic carbocycles. The zero-order valence-corrected chi connectivity index (χ0v) is 10.2. The molecule has 0 fully saturated rings. The van der Waals surface area contributed by atoms with Gasteiger partial charge in [-0.15, -0.1) is 0 Å². The maximum atomic E-state index is 3.87. The zero-order chi connectivity index (χ0) is 12.0. The van der Waals surface area contributed by atoms with E-state index >= 15 is 0 Å². The number of hydrogen-bond donors (Lipinski definition) is 0. The van der Waals surface area contributed by atoms with Crippen molar-refractivity contribution in [3.05, 3.63) is 66.8 Å². The molecule has 0 heteroatoms. The molecule has 84 valence electrons. The number of allylic oxidation sites excluding steroid dienone is 4. The molecule has 16 heavy (non-hydrogen) atoms. The van der Waals surface area contributed by atoms with Crippen molar-refractivity contribution in [3.8, 4) is 0 Å². The Morgan fingerprint density at radius 3 is 2.56 bits per heavy atom. The van der Waals surface area contributed by atoms with Gasteiger partial charge in [0.05, 0.1) is 0 Å². The Balaban J connectivity index is 3.26. The Bertz CT molecular complexity index is 396. The first kappa shape index (κ1) is 12.5. The third-order valence-corrected chi connectivity index (χ3v) is 2.93. The minimum Gasteiger partial charge on any atom is -0.0990 e. The normalized spacial score (nSPS) is 13.2. The van der Waals surface area contributed by atoms with Gasteiger partial charge < -0.3 is 0 Å². The fraction of sp³-hybridized carbons (Fsp3) is 0.250. The van der Waals surface area contributed by atoms with Gasteiger partial charge in [0.25, 0.3) is 0 Å². The summed E-state index contributed by atoms with van der Waals surface area (Å²) >= 11 is 0. The Hall–Kier alpha value is -1.56. The molecule has 1 rings (SSSR count). The van der Waals surface area contributed by atoms with E-state index in [0.29, 0.717) is 5.92 Å². The lowest BCUT2D eigenvalue weighted by molar-refractivity contribution is 0.732. The average molecular weight is 212 g/mol. The van der Waals surface area contributed by atoms with Crippen molar-refractivity contribution in [2.75, 3.05) is 0 Å². The van der Waals surface area contributed by atoms with Crippen LogP contribution in [0.1, 0.15) is 37.3 Å². The fourth-order valence-corrected chi connectivity index (χ4v) is 1.80. The van der Waals surface area contributed by atoms with E-state index in [-0.39, 0.29) is 0 Å². The summed E-state index contributed by atoms with van der Waals surface area (Å²) in [5.74, 6) is 0.573. The van der Waals surface area contributed by atoms with Crippen molar-refractivity contribution >= 4 is 5.57 Å². The highest BCUT2D eigenvalue weighted by Crippen LogP contribution is 2.28. The van der Waals surface area contributed by atoms with Crippen LogP contribution in [-0.2, 0) is 0 Å². The molecule has 1 atom stereocenters. The molecular formula is C16H20. The zero-order valence-electron chi connectivity index (χ0n) is 10.2. The summed E-state index contributed by atoms with van der Waals surface area (Å²) in [6, 6.07) is 8.52. The molecule has 0 aromatic heterocycles. The van der Waals surface area contributed by atoms with E-state index in [1.165, 1.54) is 11.1 Å². The molecule has 0 aliphatic carbocycles.